The molecule has 0 amide bonds. The molecular weight excluding hydrogens is 386 g/mol. The minimum Gasteiger partial charge on any atom is -0.382 e. The summed E-state index contributed by atoms with van der Waals surface area (Å²) in [6, 6.07) is 2.48. The molecule has 0 unspecified atom stereocenters. The molecule has 0 fully saturated rings. The van der Waals surface area contributed by atoms with Crippen LogP contribution >= 0.6 is 46.6 Å². The summed E-state index contributed by atoms with van der Waals surface area (Å²) >= 11 is 16.9. The van der Waals surface area contributed by atoms with E-state index in [-0.39, 0.29) is 25.7 Å². The van der Waals surface area contributed by atoms with Crippen molar-refractivity contribution in [3.8, 4) is 6.07 Å². The van der Waals surface area contributed by atoms with Crippen LogP contribution < -0.4 is 11.2 Å². The quantitative estimate of drug-likeness (QED) is 0.232. The third kappa shape index (κ3) is 4.84. The molecule has 0 heterocycles. The van der Waals surface area contributed by atoms with Crippen LogP contribution in [0.4, 0.5) is 18.9 Å². The number of rotatable bonds is 4. The zero-order valence-electron chi connectivity index (χ0n) is 10.2. The lowest BCUT2D eigenvalue weighted by Crippen LogP contribution is -2.21. The van der Waals surface area contributed by atoms with Gasteiger partial charge < -0.3 is 5.73 Å². The molecular formula is C10H5Cl3F3N5S. The van der Waals surface area contributed by atoms with E-state index in [4.69, 9.17) is 51.2 Å². The second-order valence-electron chi connectivity index (χ2n) is 3.50. The molecule has 1 rings (SSSR count). The highest BCUT2D eigenvalue weighted by atomic mass is 35.5. The van der Waals surface area contributed by atoms with E-state index >= 15 is 0 Å². The first kappa shape index (κ1) is 18.7. The number of hydrazone groups is 1. The first-order valence-corrected chi connectivity index (χ1v) is 7.03. The molecule has 0 radical (unpaired) electrons. The Morgan fingerprint density at radius 3 is 2.41 bits per heavy atom. The van der Waals surface area contributed by atoms with Crippen molar-refractivity contribution in [2.75, 3.05) is 5.43 Å². The van der Waals surface area contributed by atoms with E-state index in [0.717, 1.165) is 6.07 Å². The minimum atomic E-state index is -4.56. The molecule has 0 aromatic heterocycles. The summed E-state index contributed by atoms with van der Waals surface area (Å²) in [6.07, 6.45) is 0. The van der Waals surface area contributed by atoms with Crippen molar-refractivity contribution < 1.29 is 13.2 Å². The number of nitrogens with zero attached hydrogens (tertiary/aromatic N) is 2. The highest BCUT2D eigenvalue weighted by Crippen LogP contribution is 2.47. The highest BCUT2D eigenvalue weighted by molar-refractivity contribution is 8.00. The SMILES string of the molecule is N#C/C(=N\Nc1c(Cl)cc(SC(F)(F)F)c(Cl)c1Cl)C(=N)N. The van der Waals surface area contributed by atoms with Crippen molar-refractivity contribution in [3.05, 3.63) is 21.1 Å². The van der Waals surface area contributed by atoms with Gasteiger partial charge in [0.15, 0.2) is 5.84 Å². The monoisotopic (exact) mass is 389 g/mol. The average Bonchev–Trinajstić information content (AvgIpc) is 2.37. The largest absolute Gasteiger partial charge is 0.446 e. The number of nitriles is 1. The van der Waals surface area contributed by atoms with Gasteiger partial charge in [-0.1, -0.05) is 34.8 Å². The van der Waals surface area contributed by atoms with Crippen LogP contribution in [-0.4, -0.2) is 17.1 Å². The predicted octanol–water partition coefficient (Wildman–Crippen LogP) is 4.49. The number of nitrogens with two attached hydrogens (primary N) is 1. The molecule has 4 N–H and O–H groups in total. The molecule has 5 nitrogen and oxygen atoms in total. The maximum absolute atomic E-state index is 12.4. The van der Waals surface area contributed by atoms with Gasteiger partial charge in [0.25, 0.3) is 0 Å². The first-order chi connectivity index (χ1) is 10.1. The van der Waals surface area contributed by atoms with Gasteiger partial charge >= 0.3 is 5.51 Å². The Bertz CT molecular complexity index is 684. The van der Waals surface area contributed by atoms with Gasteiger partial charge in [-0.25, -0.2) is 0 Å². The van der Waals surface area contributed by atoms with E-state index in [2.05, 4.69) is 10.5 Å². The molecule has 0 saturated carbocycles. The Morgan fingerprint density at radius 2 is 1.95 bits per heavy atom. The lowest BCUT2D eigenvalue weighted by atomic mass is 10.3. The van der Waals surface area contributed by atoms with Crippen LogP contribution in [0.2, 0.25) is 15.1 Å². The molecule has 0 aliphatic rings. The van der Waals surface area contributed by atoms with E-state index in [1.807, 2.05) is 0 Å². The van der Waals surface area contributed by atoms with Crippen LogP contribution in [0, 0.1) is 16.7 Å². The molecule has 0 aliphatic carbocycles. The van der Waals surface area contributed by atoms with Crippen molar-refractivity contribution in [1.29, 1.82) is 10.7 Å². The van der Waals surface area contributed by atoms with Gasteiger partial charge in [-0.3, -0.25) is 10.8 Å². The Morgan fingerprint density at radius 1 is 1.36 bits per heavy atom. The number of amidine groups is 1. The number of alkyl halides is 3. The molecule has 0 aliphatic heterocycles. The summed E-state index contributed by atoms with van der Waals surface area (Å²) in [7, 11) is 0. The maximum atomic E-state index is 12.4. The summed E-state index contributed by atoms with van der Waals surface area (Å²) < 4.78 is 37.1. The Balaban J connectivity index is 3.22. The van der Waals surface area contributed by atoms with Crippen LogP contribution in [0.1, 0.15) is 0 Å². The lowest BCUT2D eigenvalue weighted by Gasteiger charge is -2.13. The third-order valence-electron chi connectivity index (χ3n) is 1.99. The molecule has 1 aromatic rings. The summed E-state index contributed by atoms with van der Waals surface area (Å²) in [5.41, 5.74) is 2.19. The lowest BCUT2D eigenvalue weighted by molar-refractivity contribution is -0.0328. The van der Waals surface area contributed by atoms with Crippen molar-refractivity contribution >= 4 is 63.8 Å². The number of halogens is 6. The summed E-state index contributed by atoms with van der Waals surface area (Å²) in [5, 5.41) is 18.3. The second-order valence-corrected chi connectivity index (χ2v) is 5.77. The molecule has 118 valence electrons. The number of anilines is 1. The van der Waals surface area contributed by atoms with Crippen molar-refractivity contribution in [2.24, 2.45) is 10.8 Å². The molecule has 1 aromatic carbocycles. The minimum absolute atomic E-state index is 0.117. The van der Waals surface area contributed by atoms with E-state index in [0.29, 0.717) is 0 Å². The molecule has 0 atom stereocenters. The number of hydrogen-bond acceptors (Lipinski definition) is 5. The van der Waals surface area contributed by atoms with E-state index in [9.17, 15) is 13.2 Å². The number of nitrogens with one attached hydrogen (secondary N) is 2. The van der Waals surface area contributed by atoms with Gasteiger partial charge in [0.2, 0.25) is 5.71 Å². The molecule has 0 spiro atoms. The van der Waals surface area contributed by atoms with Gasteiger partial charge in [-0.05, 0) is 17.8 Å². The summed E-state index contributed by atoms with van der Waals surface area (Å²) in [5.74, 6) is -0.613. The summed E-state index contributed by atoms with van der Waals surface area (Å²) in [6.45, 7) is 0. The Labute approximate surface area is 141 Å². The van der Waals surface area contributed by atoms with Crippen LogP contribution in [-0.2, 0) is 0 Å². The first-order valence-electron chi connectivity index (χ1n) is 5.08. The smallest absolute Gasteiger partial charge is 0.382 e. The van der Waals surface area contributed by atoms with Crippen LogP contribution in [0.25, 0.3) is 0 Å². The fraction of sp³-hybridized carbons (Fsp3) is 0.100. The zero-order chi connectivity index (χ0) is 17.1. The average molecular weight is 391 g/mol. The van der Waals surface area contributed by atoms with Crippen molar-refractivity contribution in [3.63, 3.8) is 0 Å². The van der Waals surface area contributed by atoms with Crippen LogP contribution in [0.5, 0.6) is 0 Å². The second kappa shape index (κ2) is 7.28. The Hall–Kier alpha value is -1.34. The normalized spacial score (nSPS) is 12.0. The van der Waals surface area contributed by atoms with Gasteiger partial charge in [0.1, 0.15) is 6.07 Å². The standard InChI is InChI=1S/C10H5Cl3F3N5S/c11-3-1-5(22-10(14,15)16)6(12)7(13)8(3)21-20-4(2-17)9(18)19/h1,21H,(H3,18,19)/b20-4+. The number of benzene rings is 1. The van der Waals surface area contributed by atoms with Crippen LogP contribution in [0.3, 0.4) is 0 Å². The number of thioether (sulfide) groups is 1. The van der Waals surface area contributed by atoms with Gasteiger partial charge in [0.05, 0.1) is 20.8 Å². The van der Waals surface area contributed by atoms with Crippen LogP contribution in [0.15, 0.2) is 16.1 Å². The van der Waals surface area contributed by atoms with Crippen molar-refractivity contribution in [2.45, 2.75) is 10.4 Å². The fourth-order valence-corrected chi connectivity index (χ4v) is 2.68. The molecule has 12 heteroatoms. The van der Waals surface area contributed by atoms with Crippen molar-refractivity contribution in [1.82, 2.24) is 0 Å². The fourth-order valence-electron chi connectivity index (χ4n) is 1.13. The van der Waals surface area contributed by atoms with E-state index in [1.165, 1.54) is 6.07 Å². The highest BCUT2D eigenvalue weighted by Gasteiger charge is 2.31. The topological polar surface area (TPSA) is 98.0 Å². The molecule has 0 bridgehead atoms. The zero-order valence-corrected chi connectivity index (χ0v) is 13.3. The third-order valence-corrected chi connectivity index (χ3v) is 4.04. The van der Waals surface area contributed by atoms with Gasteiger partial charge in [-0.2, -0.15) is 23.5 Å². The van der Waals surface area contributed by atoms with E-state index < -0.39 is 28.8 Å². The Kier molecular flexibility index (Phi) is 6.19. The predicted molar refractivity (Wildman–Crippen MR) is 82.0 cm³/mol. The number of hydrogen-bond donors (Lipinski definition) is 3. The maximum Gasteiger partial charge on any atom is 0.446 e. The molecule has 0 saturated heterocycles. The summed E-state index contributed by atoms with van der Waals surface area (Å²) in [4.78, 5) is -0.384. The van der Waals surface area contributed by atoms with E-state index in [1.54, 1.807) is 0 Å². The molecule has 22 heavy (non-hydrogen) atoms. The van der Waals surface area contributed by atoms with Gasteiger partial charge in [0, 0.05) is 4.90 Å². The van der Waals surface area contributed by atoms with Gasteiger partial charge in [-0.15, -0.1) is 0 Å².